The first-order chi connectivity index (χ1) is 8.58. The van der Waals surface area contributed by atoms with Gasteiger partial charge in [-0.25, -0.2) is 8.78 Å². The van der Waals surface area contributed by atoms with Gasteiger partial charge in [-0.2, -0.15) is 5.26 Å². The summed E-state index contributed by atoms with van der Waals surface area (Å²) in [5.74, 6) is -2.61. The Morgan fingerprint density at radius 2 is 2.17 bits per heavy atom. The van der Waals surface area contributed by atoms with Crippen LogP contribution in [0.3, 0.4) is 0 Å². The maximum Gasteiger partial charge on any atom is 0.262 e. The van der Waals surface area contributed by atoms with Gasteiger partial charge in [-0.1, -0.05) is 12.1 Å². The third-order valence-corrected chi connectivity index (χ3v) is 2.03. The second-order valence-electron chi connectivity index (χ2n) is 3.34. The quantitative estimate of drug-likeness (QED) is 0.504. The molecule has 18 heavy (non-hydrogen) atoms. The molecule has 1 rings (SSSR count). The first-order valence-electron chi connectivity index (χ1n) is 5.04. The zero-order valence-electron chi connectivity index (χ0n) is 9.41. The molecule has 0 aliphatic rings. The Balaban J connectivity index is 2.97. The van der Waals surface area contributed by atoms with Gasteiger partial charge < -0.3 is 5.32 Å². The zero-order chi connectivity index (χ0) is 13.5. The lowest BCUT2D eigenvalue weighted by atomic mass is 10.1. The van der Waals surface area contributed by atoms with E-state index in [-0.39, 0.29) is 17.7 Å². The molecule has 0 saturated carbocycles. The Labute approximate surface area is 103 Å². The summed E-state index contributed by atoms with van der Waals surface area (Å²) in [7, 11) is 0. The molecule has 0 aliphatic carbocycles. The summed E-state index contributed by atoms with van der Waals surface area (Å²) < 4.78 is 25.6. The van der Waals surface area contributed by atoms with E-state index >= 15 is 0 Å². The number of carbonyl (C=O) groups excluding carboxylic acids is 1. The molecule has 1 aromatic carbocycles. The molecule has 1 N–H and O–H groups in total. The summed E-state index contributed by atoms with van der Waals surface area (Å²) in [4.78, 5) is 11.5. The number of nitriles is 1. The highest BCUT2D eigenvalue weighted by atomic mass is 19.2. The standard InChI is InChI=1S/C13H10F2N2O/c1-2-5-17-13(18)10(8-16)6-9-3-4-11(14)12(15)7-9/h2-4,6-7H,1,5H2,(H,17,18)/b10-6+. The monoisotopic (exact) mass is 248 g/mol. The minimum Gasteiger partial charge on any atom is -0.348 e. The maximum atomic E-state index is 12.9. The molecule has 0 aliphatic heterocycles. The van der Waals surface area contributed by atoms with Crippen molar-refractivity contribution in [3.05, 3.63) is 53.6 Å². The van der Waals surface area contributed by atoms with E-state index in [0.717, 1.165) is 12.1 Å². The lowest BCUT2D eigenvalue weighted by molar-refractivity contribution is -0.116. The molecular formula is C13H10F2N2O. The van der Waals surface area contributed by atoms with Crippen LogP contribution < -0.4 is 5.32 Å². The van der Waals surface area contributed by atoms with Crippen LogP contribution >= 0.6 is 0 Å². The fraction of sp³-hybridized carbons (Fsp3) is 0.0769. The van der Waals surface area contributed by atoms with Crippen molar-refractivity contribution in [1.82, 2.24) is 5.32 Å². The van der Waals surface area contributed by atoms with Gasteiger partial charge in [0.05, 0.1) is 0 Å². The predicted octanol–water partition coefficient (Wildman–Crippen LogP) is 2.17. The summed E-state index contributed by atoms with van der Waals surface area (Å²) in [5.41, 5.74) is 0.0436. The molecule has 0 unspecified atom stereocenters. The number of nitrogens with zero attached hydrogens (tertiary/aromatic N) is 1. The Morgan fingerprint density at radius 3 is 2.72 bits per heavy atom. The van der Waals surface area contributed by atoms with Crippen LogP contribution in [0.15, 0.2) is 36.4 Å². The lowest BCUT2D eigenvalue weighted by Gasteiger charge is -2.01. The van der Waals surface area contributed by atoms with E-state index in [9.17, 15) is 13.6 Å². The van der Waals surface area contributed by atoms with Gasteiger partial charge in [0.25, 0.3) is 5.91 Å². The van der Waals surface area contributed by atoms with Gasteiger partial charge >= 0.3 is 0 Å². The fourth-order valence-electron chi connectivity index (χ4n) is 1.18. The van der Waals surface area contributed by atoms with Crippen LogP contribution in [0.2, 0.25) is 0 Å². The number of benzene rings is 1. The number of nitrogens with one attached hydrogen (secondary N) is 1. The van der Waals surface area contributed by atoms with E-state index in [1.807, 2.05) is 0 Å². The van der Waals surface area contributed by atoms with E-state index in [1.165, 1.54) is 18.2 Å². The number of carbonyl (C=O) groups is 1. The third-order valence-electron chi connectivity index (χ3n) is 2.03. The van der Waals surface area contributed by atoms with E-state index in [4.69, 9.17) is 5.26 Å². The van der Waals surface area contributed by atoms with Crippen LogP contribution in [-0.2, 0) is 4.79 Å². The first kappa shape index (κ1) is 13.6. The minimum absolute atomic E-state index is 0.192. The van der Waals surface area contributed by atoms with Crippen molar-refractivity contribution in [3.8, 4) is 6.07 Å². The summed E-state index contributed by atoms with van der Waals surface area (Å²) in [5, 5.41) is 11.2. The molecule has 5 heteroatoms. The molecule has 0 fully saturated rings. The Bertz CT molecular complexity index is 544. The van der Waals surface area contributed by atoms with Crippen molar-refractivity contribution in [3.63, 3.8) is 0 Å². The smallest absolute Gasteiger partial charge is 0.262 e. The molecule has 0 bridgehead atoms. The van der Waals surface area contributed by atoms with Crippen LogP contribution in [0.5, 0.6) is 0 Å². The third kappa shape index (κ3) is 3.52. The van der Waals surface area contributed by atoms with Crippen LogP contribution in [-0.4, -0.2) is 12.5 Å². The molecule has 0 heterocycles. The number of halogens is 2. The first-order valence-corrected chi connectivity index (χ1v) is 5.04. The van der Waals surface area contributed by atoms with Crippen molar-refractivity contribution < 1.29 is 13.6 Å². The van der Waals surface area contributed by atoms with E-state index in [1.54, 1.807) is 6.07 Å². The summed E-state index contributed by atoms with van der Waals surface area (Å²) in [6.07, 6.45) is 2.64. The van der Waals surface area contributed by atoms with Gasteiger partial charge in [0.2, 0.25) is 0 Å². The van der Waals surface area contributed by atoms with Crippen molar-refractivity contribution in [1.29, 1.82) is 5.26 Å². The molecule has 0 radical (unpaired) electrons. The fourth-order valence-corrected chi connectivity index (χ4v) is 1.18. The topological polar surface area (TPSA) is 52.9 Å². The van der Waals surface area contributed by atoms with E-state index in [2.05, 4.69) is 11.9 Å². The molecule has 1 aromatic rings. The SMILES string of the molecule is C=CCNC(=O)/C(C#N)=C/c1ccc(F)c(F)c1. The molecule has 0 aromatic heterocycles. The van der Waals surface area contributed by atoms with Crippen molar-refractivity contribution in [2.75, 3.05) is 6.54 Å². The predicted molar refractivity (Wildman–Crippen MR) is 63.2 cm³/mol. The Kier molecular flexibility index (Phi) is 4.76. The van der Waals surface area contributed by atoms with Gasteiger partial charge in [-0.05, 0) is 23.8 Å². The number of hydrogen-bond donors (Lipinski definition) is 1. The number of hydrogen-bond acceptors (Lipinski definition) is 2. The van der Waals surface area contributed by atoms with Crippen LogP contribution in [0.1, 0.15) is 5.56 Å². The van der Waals surface area contributed by atoms with Gasteiger partial charge in [0.15, 0.2) is 11.6 Å². The Hall–Kier alpha value is -2.48. The maximum absolute atomic E-state index is 12.9. The van der Waals surface area contributed by atoms with Gasteiger partial charge in [0.1, 0.15) is 11.6 Å². The lowest BCUT2D eigenvalue weighted by Crippen LogP contribution is -2.24. The van der Waals surface area contributed by atoms with Crippen molar-refractivity contribution in [2.45, 2.75) is 0 Å². The van der Waals surface area contributed by atoms with E-state index < -0.39 is 17.5 Å². The van der Waals surface area contributed by atoms with Crippen LogP contribution in [0, 0.1) is 23.0 Å². The summed E-state index contributed by atoms with van der Waals surface area (Å²) >= 11 is 0. The van der Waals surface area contributed by atoms with Gasteiger partial charge in [-0.3, -0.25) is 4.79 Å². The highest BCUT2D eigenvalue weighted by Crippen LogP contribution is 2.12. The van der Waals surface area contributed by atoms with Crippen molar-refractivity contribution in [2.24, 2.45) is 0 Å². The largest absolute Gasteiger partial charge is 0.348 e. The normalized spacial score (nSPS) is 10.6. The van der Waals surface area contributed by atoms with Gasteiger partial charge in [0, 0.05) is 6.54 Å². The average Bonchev–Trinajstić information content (AvgIpc) is 2.37. The van der Waals surface area contributed by atoms with Gasteiger partial charge in [-0.15, -0.1) is 6.58 Å². The molecule has 92 valence electrons. The number of rotatable bonds is 4. The molecular weight excluding hydrogens is 238 g/mol. The molecule has 0 saturated heterocycles. The highest BCUT2D eigenvalue weighted by Gasteiger charge is 2.08. The summed E-state index contributed by atoms with van der Waals surface area (Å²) in [6, 6.07) is 4.80. The highest BCUT2D eigenvalue weighted by molar-refractivity contribution is 6.01. The minimum atomic E-state index is -1.03. The van der Waals surface area contributed by atoms with Crippen LogP contribution in [0.25, 0.3) is 6.08 Å². The average molecular weight is 248 g/mol. The molecule has 3 nitrogen and oxygen atoms in total. The van der Waals surface area contributed by atoms with Crippen LogP contribution in [0.4, 0.5) is 8.78 Å². The van der Waals surface area contributed by atoms with Crippen molar-refractivity contribution >= 4 is 12.0 Å². The summed E-state index contributed by atoms with van der Waals surface area (Å²) in [6.45, 7) is 3.63. The second-order valence-corrected chi connectivity index (χ2v) is 3.34. The van der Waals surface area contributed by atoms with E-state index in [0.29, 0.717) is 0 Å². The molecule has 0 atom stereocenters. The zero-order valence-corrected chi connectivity index (χ0v) is 9.41. The second kappa shape index (κ2) is 6.30. The Morgan fingerprint density at radius 1 is 1.44 bits per heavy atom. The molecule has 0 spiro atoms. The molecule has 1 amide bonds. The number of amides is 1.